The summed E-state index contributed by atoms with van der Waals surface area (Å²) in [5.41, 5.74) is -3.98. The molecule has 5 rings (SSSR count). The molecule has 2 aliphatic carbocycles. The van der Waals surface area contributed by atoms with Crippen molar-refractivity contribution in [3.05, 3.63) is 33.8 Å². The summed E-state index contributed by atoms with van der Waals surface area (Å²) >= 11 is 12.8. The molecule has 2 heterocycles. The molecule has 2 saturated carbocycles. The van der Waals surface area contributed by atoms with Crippen molar-refractivity contribution in [1.82, 2.24) is 36.0 Å². The SMILES string of the molecule is CC(C)C[C@@H]1NC(=O)[C@@H](N(C)C(=O)[C@@H](NC(=O)[C@@H]2C[C@@H](F)CN2C(=O)C2(C(F)(F)F)CC(O)C2)C2CC2)CCCCNC(=O)C(C)(C)NC(=O)[C@H](Cc2cc(Cl)ccc2Cl)N(C)C1=O. The highest BCUT2D eigenvalue weighted by molar-refractivity contribution is 6.33. The Labute approximate surface area is 380 Å². The lowest BCUT2D eigenvalue weighted by Gasteiger charge is -2.47. The van der Waals surface area contributed by atoms with Crippen LogP contribution in [-0.2, 0) is 40.0 Å². The lowest BCUT2D eigenvalue weighted by atomic mass is 9.65. The van der Waals surface area contributed by atoms with Crippen LogP contribution in [0.4, 0.5) is 17.6 Å². The molecule has 0 bridgehead atoms. The summed E-state index contributed by atoms with van der Waals surface area (Å²) in [5.74, 6) is -6.48. The Kier molecular flexibility index (Phi) is 15.9. The van der Waals surface area contributed by atoms with Crippen LogP contribution in [0.1, 0.15) is 91.0 Å². The topological polar surface area (TPSA) is 198 Å². The zero-order chi connectivity index (χ0) is 47.6. The maximum atomic E-state index is 14.9. The van der Waals surface area contributed by atoms with Gasteiger partial charge in [0.05, 0.1) is 12.6 Å². The van der Waals surface area contributed by atoms with E-state index in [-0.39, 0.29) is 43.2 Å². The molecule has 4 aliphatic rings. The Morgan fingerprint density at radius 1 is 1.03 bits per heavy atom. The second kappa shape index (κ2) is 20.1. The van der Waals surface area contributed by atoms with Crippen molar-refractivity contribution in [2.75, 3.05) is 27.2 Å². The number of alkyl halides is 4. The normalized spacial score (nSPS) is 29.0. The highest BCUT2D eigenvalue weighted by Crippen LogP contribution is 2.55. The van der Waals surface area contributed by atoms with E-state index in [1.165, 1.54) is 32.8 Å². The van der Waals surface area contributed by atoms with E-state index in [0.717, 1.165) is 4.90 Å². The number of amides is 7. The highest BCUT2D eigenvalue weighted by atomic mass is 35.5. The maximum Gasteiger partial charge on any atom is 0.403 e. The summed E-state index contributed by atoms with van der Waals surface area (Å²) in [4.78, 5) is 101. The fourth-order valence-electron chi connectivity index (χ4n) is 8.75. The minimum Gasteiger partial charge on any atom is -0.393 e. The van der Waals surface area contributed by atoms with Gasteiger partial charge in [-0.1, -0.05) is 37.0 Å². The van der Waals surface area contributed by atoms with Crippen LogP contribution in [0.2, 0.25) is 10.0 Å². The Hall–Kier alpha value is -4.23. The third-order valence-electron chi connectivity index (χ3n) is 12.8. The minimum absolute atomic E-state index is 0.0313. The Morgan fingerprint density at radius 2 is 1.69 bits per heavy atom. The molecule has 5 N–H and O–H groups in total. The number of benzene rings is 1. The molecule has 2 aliphatic heterocycles. The van der Waals surface area contributed by atoms with E-state index in [9.17, 15) is 56.2 Å². The molecule has 64 heavy (non-hydrogen) atoms. The fraction of sp³-hybridized carbons (Fsp3) is 0.698. The van der Waals surface area contributed by atoms with E-state index in [1.54, 1.807) is 18.2 Å². The van der Waals surface area contributed by atoms with Crippen molar-refractivity contribution >= 4 is 64.6 Å². The summed E-state index contributed by atoms with van der Waals surface area (Å²) in [6.45, 7) is 6.03. The van der Waals surface area contributed by atoms with Gasteiger partial charge in [0.15, 0.2) is 0 Å². The van der Waals surface area contributed by atoms with Crippen LogP contribution in [0, 0.1) is 17.3 Å². The molecule has 6 atom stereocenters. The molecular formula is C43H59Cl2F4N7O8. The Bertz CT molecular complexity index is 1960. The molecule has 0 aromatic heterocycles. The van der Waals surface area contributed by atoms with E-state index in [1.807, 2.05) is 13.8 Å². The number of nitrogens with one attached hydrogen (secondary N) is 4. The molecule has 0 unspecified atom stereocenters. The molecule has 356 valence electrons. The number of likely N-dealkylation sites (tertiary alicyclic amines) is 1. The quantitative estimate of drug-likeness (QED) is 0.220. The number of carbonyl (C=O) groups is 7. The predicted octanol–water partition coefficient (Wildman–Crippen LogP) is 3.45. The molecule has 4 fully saturated rings. The first kappa shape index (κ1) is 50.8. The largest absolute Gasteiger partial charge is 0.403 e. The second-order valence-electron chi connectivity index (χ2n) is 18.7. The molecular weight excluding hydrogens is 889 g/mol. The number of aliphatic hydroxyl groups excluding tert-OH is 1. The molecule has 1 aromatic rings. The molecule has 1 aromatic carbocycles. The van der Waals surface area contributed by atoms with Crippen LogP contribution in [0.5, 0.6) is 0 Å². The molecule has 15 nitrogen and oxygen atoms in total. The van der Waals surface area contributed by atoms with Gasteiger partial charge in [-0.3, -0.25) is 33.6 Å². The van der Waals surface area contributed by atoms with Gasteiger partial charge in [0.1, 0.15) is 47.3 Å². The second-order valence-corrected chi connectivity index (χ2v) is 19.5. The van der Waals surface area contributed by atoms with Gasteiger partial charge in [0.2, 0.25) is 41.4 Å². The molecule has 2 saturated heterocycles. The molecule has 0 radical (unpaired) electrons. The van der Waals surface area contributed by atoms with Crippen molar-refractivity contribution in [3.8, 4) is 0 Å². The third kappa shape index (κ3) is 11.4. The number of aliphatic hydroxyl groups is 1. The zero-order valence-corrected chi connectivity index (χ0v) is 38.3. The summed E-state index contributed by atoms with van der Waals surface area (Å²) in [6.07, 6.45) is -9.18. The van der Waals surface area contributed by atoms with E-state index in [2.05, 4.69) is 21.3 Å². The van der Waals surface area contributed by atoms with Gasteiger partial charge < -0.3 is 41.1 Å². The summed E-state index contributed by atoms with van der Waals surface area (Å²) < 4.78 is 57.5. The predicted molar refractivity (Wildman–Crippen MR) is 227 cm³/mol. The average Bonchev–Trinajstić information content (AvgIpc) is 3.96. The summed E-state index contributed by atoms with van der Waals surface area (Å²) in [5, 5.41) is 21.3. The zero-order valence-electron chi connectivity index (χ0n) is 36.8. The van der Waals surface area contributed by atoms with Crippen LogP contribution in [0.3, 0.4) is 0 Å². The molecule has 7 amide bonds. The Balaban J connectivity index is 1.42. The minimum atomic E-state index is -5.07. The van der Waals surface area contributed by atoms with E-state index in [4.69, 9.17) is 23.2 Å². The molecule has 21 heteroatoms. The van der Waals surface area contributed by atoms with Crippen molar-refractivity contribution < 1.29 is 56.2 Å². The number of hydrogen-bond acceptors (Lipinski definition) is 8. The summed E-state index contributed by atoms with van der Waals surface area (Å²) in [7, 11) is 2.73. The number of halogens is 6. The third-order valence-corrected chi connectivity index (χ3v) is 13.4. The van der Waals surface area contributed by atoms with Crippen molar-refractivity contribution in [3.63, 3.8) is 0 Å². The number of nitrogens with zero attached hydrogens (tertiary/aromatic N) is 3. The first-order chi connectivity index (χ1) is 29.8. The van der Waals surface area contributed by atoms with Gasteiger partial charge in [-0.25, -0.2) is 4.39 Å². The van der Waals surface area contributed by atoms with Crippen LogP contribution >= 0.6 is 23.2 Å². The average molecular weight is 949 g/mol. The summed E-state index contributed by atoms with van der Waals surface area (Å²) in [6, 6.07) is -2.03. The van der Waals surface area contributed by atoms with Crippen molar-refractivity contribution in [2.45, 2.75) is 146 Å². The first-order valence-electron chi connectivity index (χ1n) is 21.7. The van der Waals surface area contributed by atoms with Gasteiger partial charge in [0, 0.05) is 43.5 Å². The Morgan fingerprint density at radius 3 is 2.28 bits per heavy atom. The van der Waals surface area contributed by atoms with E-state index < -0.39 is 133 Å². The van der Waals surface area contributed by atoms with Crippen LogP contribution < -0.4 is 21.3 Å². The highest BCUT2D eigenvalue weighted by Gasteiger charge is 2.68. The van der Waals surface area contributed by atoms with Gasteiger partial charge in [0.25, 0.3) is 0 Å². The molecule has 0 spiro atoms. The monoisotopic (exact) mass is 947 g/mol. The van der Waals surface area contributed by atoms with Gasteiger partial charge in [-0.15, -0.1) is 0 Å². The first-order valence-corrected chi connectivity index (χ1v) is 22.4. The van der Waals surface area contributed by atoms with Crippen LogP contribution in [0.15, 0.2) is 18.2 Å². The smallest absolute Gasteiger partial charge is 0.393 e. The number of likely N-dealkylation sites (N-methyl/N-ethyl adjacent to an activating group) is 2. The lowest BCUT2D eigenvalue weighted by Crippen LogP contribution is -2.63. The van der Waals surface area contributed by atoms with Gasteiger partial charge in [-0.2, -0.15) is 13.2 Å². The maximum absolute atomic E-state index is 14.9. The number of rotatable bonds is 10. The van der Waals surface area contributed by atoms with Crippen molar-refractivity contribution in [2.24, 2.45) is 17.3 Å². The van der Waals surface area contributed by atoms with Gasteiger partial charge >= 0.3 is 6.18 Å². The van der Waals surface area contributed by atoms with Gasteiger partial charge in [-0.05, 0) is 101 Å². The van der Waals surface area contributed by atoms with Crippen molar-refractivity contribution in [1.29, 1.82) is 0 Å². The van der Waals surface area contributed by atoms with E-state index in [0.29, 0.717) is 34.7 Å². The standard InChI is InChI=1S/C43H59Cl2F4N7O8/c1-22(2)15-29-37(61)55(6)31(17-24-16-25(44)12-13-28(24)45)36(60)53-41(3,4)39(63)50-14-8-7-9-30(34(58)51-29)54(5)38(62)33(23-10-11-23)52-35(59)32-18-26(46)21-56(32)40(64)42(43(47,48)49)19-27(57)20-42/h12-13,16,22-23,26-27,29-33,57H,7-11,14-15,17-21H2,1-6H3,(H,50,63)(H,51,58)(H,52,59)(H,53,60)/t26-,27?,29+,30+,31+,32+,33+,42?/m1/s1. The van der Waals surface area contributed by atoms with Crippen LogP contribution in [0.25, 0.3) is 0 Å². The van der Waals surface area contributed by atoms with Crippen LogP contribution in [-0.4, -0.2) is 143 Å². The number of carbonyl (C=O) groups excluding carboxylic acids is 7. The number of hydrogen-bond donors (Lipinski definition) is 5. The van der Waals surface area contributed by atoms with E-state index >= 15 is 0 Å². The fourth-order valence-corrected chi connectivity index (χ4v) is 9.14. The lowest BCUT2D eigenvalue weighted by molar-refractivity contribution is -0.267.